The molecule has 0 aliphatic carbocycles. The lowest BCUT2D eigenvalue weighted by Crippen LogP contribution is -2.13. The van der Waals surface area contributed by atoms with Crippen molar-refractivity contribution in [2.24, 2.45) is 5.10 Å². The van der Waals surface area contributed by atoms with Gasteiger partial charge in [0.15, 0.2) is 0 Å². The molecule has 0 spiro atoms. The van der Waals surface area contributed by atoms with Gasteiger partial charge in [0, 0.05) is 5.75 Å². The Labute approximate surface area is 149 Å². The molecule has 7 nitrogen and oxygen atoms in total. The zero-order valence-electron chi connectivity index (χ0n) is 13.7. The van der Waals surface area contributed by atoms with E-state index in [0.29, 0.717) is 11.1 Å². The third-order valence-electron chi connectivity index (χ3n) is 3.35. The smallest absolute Gasteiger partial charge is 0.264 e. The van der Waals surface area contributed by atoms with Gasteiger partial charge in [-0.25, -0.2) is 10.1 Å². The molecule has 8 heteroatoms. The van der Waals surface area contributed by atoms with Crippen molar-refractivity contribution in [3.05, 3.63) is 65.7 Å². The Bertz CT molecular complexity index is 849. The Kier molecular flexibility index (Phi) is 5.53. The van der Waals surface area contributed by atoms with Gasteiger partial charge < -0.3 is 10.6 Å². The van der Waals surface area contributed by atoms with Crippen molar-refractivity contribution < 1.29 is 4.74 Å². The Morgan fingerprint density at radius 1 is 1.20 bits per heavy atom. The molecular formula is C17H18N6OS. The van der Waals surface area contributed by atoms with Crippen molar-refractivity contribution in [3.8, 4) is 5.75 Å². The average molecular weight is 354 g/mol. The van der Waals surface area contributed by atoms with Gasteiger partial charge in [-0.1, -0.05) is 54.2 Å². The number of hydrogen-bond donors (Lipinski definition) is 2. The lowest BCUT2D eigenvalue weighted by molar-refractivity contribution is 0.415. The van der Waals surface area contributed by atoms with Crippen LogP contribution in [0.4, 0.5) is 5.95 Å². The van der Waals surface area contributed by atoms with Gasteiger partial charge in [0.2, 0.25) is 5.16 Å². The van der Waals surface area contributed by atoms with Gasteiger partial charge in [-0.05, 0) is 23.3 Å². The Balaban J connectivity index is 1.60. The first-order valence-corrected chi connectivity index (χ1v) is 8.55. The van der Waals surface area contributed by atoms with Gasteiger partial charge >= 0.3 is 0 Å². The maximum Gasteiger partial charge on any atom is 0.264 e. The van der Waals surface area contributed by atoms with Crippen LogP contribution in [0.15, 0.2) is 64.9 Å². The molecule has 0 aliphatic heterocycles. The number of rotatable bonds is 7. The van der Waals surface area contributed by atoms with Crippen molar-refractivity contribution >= 4 is 23.9 Å². The number of hydrogen-bond acceptors (Lipinski definition) is 7. The minimum atomic E-state index is 0.370. The fourth-order valence-corrected chi connectivity index (χ4v) is 2.87. The molecule has 0 radical (unpaired) electrons. The molecule has 1 aromatic heterocycles. The summed E-state index contributed by atoms with van der Waals surface area (Å²) in [4.78, 5) is 0. The summed E-state index contributed by atoms with van der Waals surface area (Å²) in [5.41, 5.74) is 4.89. The number of hydrazone groups is 1. The minimum absolute atomic E-state index is 0.370. The maximum absolute atomic E-state index is 6.01. The molecule has 3 rings (SSSR count). The van der Waals surface area contributed by atoms with Crippen molar-refractivity contribution in [2.45, 2.75) is 10.9 Å². The SMILES string of the molecule is COc1cccc(/C=N/Nc2nnc(SCc3ccccc3)n2N)c1. The molecule has 0 amide bonds. The molecule has 0 saturated carbocycles. The number of aromatic nitrogens is 3. The van der Waals surface area contributed by atoms with Crippen molar-refractivity contribution in [2.75, 3.05) is 18.4 Å². The Morgan fingerprint density at radius 2 is 2.04 bits per heavy atom. The fourth-order valence-electron chi connectivity index (χ4n) is 2.06. The van der Waals surface area contributed by atoms with Crippen LogP contribution in [0, 0.1) is 0 Å². The second kappa shape index (κ2) is 8.20. The van der Waals surface area contributed by atoms with E-state index in [4.69, 9.17) is 10.6 Å². The Hall–Kier alpha value is -3.00. The standard InChI is InChI=1S/C17H18N6OS/c1-24-15-9-5-8-14(10-15)11-19-20-16-21-22-17(23(16)18)25-12-13-6-3-2-4-7-13/h2-11H,12,18H2,1H3,(H,20,21)/b19-11+. The van der Waals surface area contributed by atoms with Gasteiger partial charge in [-0.15, -0.1) is 10.2 Å². The Morgan fingerprint density at radius 3 is 2.84 bits per heavy atom. The summed E-state index contributed by atoms with van der Waals surface area (Å²) in [5, 5.41) is 12.8. The van der Waals surface area contributed by atoms with E-state index in [2.05, 4.69) is 32.9 Å². The zero-order chi connectivity index (χ0) is 17.5. The van der Waals surface area contributed by atoms with Crippen LogP contribution in [0.3, 0.4) is 0 Å². The largest absolute Gasteiger partial charge is 0.497 e. The second-order valence-electron chi connectivity index (χ2n) is 5.10. The number of nitrogens with zero attached hydrogens (tertiary/aromatic N) is 4. The summed E-state index contributed by atoms with van der Waals surface area (Å²) in [6.07, 6.45) is 1.66. The molecule has 3 N–H and O–H groups in total. The van der Waals surface area contributed by atoms with E-state index in [1.807, 2.05) is 42.5 Å². The van der Waals surface area contributed by atoms with Crippen LogP contribution in [0.1, 0.15) is 11.1 Å². The molecule has 0 aliphatic rings. The summed E-state index contributed by atoms with van der Waals surface area (Å²) in [6, 6.07) is 17.7. The predicted octanol–water partition coefficient (Wildman–Crippen LogP) is 2.74. The first-order chi connectivity index (χ1) is 12.3. The van der Waals surface area contributed by atoms with E-state index in [1.54, 1.807) is 13.3 Å². The predicted molar refractivity (Wildman–Crippen MR) is 100 cm³/mol. The number of nitrogen functional groups attached to an aromatic ring is 1. The van der Waals surface area contributed by atoms with Crippen LogP contribution in [-0.2, 0) is 5.75 Å². The lowest BCUT2D eigenvalue weighted by atomic mass is 10.2. The van der Waals surface area contributed by atoms with E-state index in [1.165, 1.54) is 22.0 Å². The molecule has 3 aromatic rings. The van der Waals surface area contributed by atoms with Crippen LogP contribution < -0.4 is 16.0 Å². The van der Waals surface area contributed by atoms with E-state index >= 15 is 0 Å². The highest BCUT2D eigenvalue weighted by Crippen LogP contribution is 2.21. The van der Waals surface area contributed by atoms with E-state index in [0.717, 1.165) is 17.1 Å². The van der Waals surface area contributed by atoms with E-state index in [-0.39, 0.29) is 0 Å². The molecule has 0 saturated heterocycles. The van der Waals surface area contributed by atoms with E-state index in [9.17, 15) is 0 Å². The van der Waals surface area contributed by atoms with Gasteiger partial charge in [-0.3, -0.25) is 0 Å². The average Bonchev–Trinajstić information content (AvgIpc) is 3.01. The highest BCUT2D eigenvalue weighted by molar-refractivity contribution is 7.98. The van der Waals surface area contributed by atoms with Crippen molar-refractivity contribution in [1.82, 2.24) is 14.9 Å². The third kappa shape index (κ3) is 4.51. The number of nitrogens with one attached hydrogen (secondary N) is 1. The van der Waals surface area contributed by atoms with Crippen LogP contribution in [-0.4, -0.2) is 28.2 Å². The monoisotopic (exact) mass is 354 g/mol. The van der Waals surface area contributed by atoms with Gasteiger partial charge in [-0.2, -0.15) is 5.10 Å². The lowest BCUT2D eigenvalue weighted by Gasteiger charge is -2.03. The zero-order valence-corrected chi connectivity index (χ0v) is 14.5. The molecular weight excluding hydrogens is 336 g/mol. The normalized spacial score (nSPS) is 10.9. The van der Waals surface area contributed by atoms with Crippen molar-refractivity contribution in [3.63, 3.8) is 0 Å². The fraction of sp³-hybridized carbons (Fsp3) is 0.118. The molecule has 1 heterocycles. The molecule has 0 unspecified atom stereocenters. The van der Waals surface area contributed by atoms with Gasteiger partial charge in [0.25, 0.3) is 5.95 Å². The second-order valence-corrected chi connectivity index (χ2v) is 6.04. The highest BCUT2D eigenvalue weighted by Gasteiger charge is 2.09. The van der Waals surface area contributed by atoms with Crippen LogP contribution in [0.2, 0.25) is 0 Å². The summed E-state index contributed by atoms with van der Waals surface area (Å²) >= 11 is 1.51. The number of thioether (sulfide) groups is 1. The summed E-state index contributed by atoms with van der Waals surface area (Å²) in [5.74, 6) is 7.91. The molecule has 25 heavy (non-hydrogen) atoms. The summed E-state index contributed by atoms with van der Waals surface area (Å²) in [6.45, 7) is 0. The molecule has 128 valence electrons. The summed E-state index contributed by atoms with van der Waals surface area (Å²) < 4.78 is 6.56. The van der Waals surface area contributed by atoms with Crippen LogP contribution in [0.25, 0.3) is 0 Å². The van der Waals surface area contributed by atoms with Gasteiger partial charge in [0.1, 0.15) is 5.75 Å². The van der Waals surface area contributed by atoms with Crippen molar-refractivity contribution in [1.29, 1.82) is 0 Å². The third-order valence-corrected chi connectivity index (χ3v) is 4.36. The van der Waals surface area contributed by atoms with E-state index < -0.39 is 0 Å². The molecule has 0 bridgehead atoms. The minimum Gasteiger partial charge on any atom is -0.497 e. The maximum atomic E-state index is 6.01. The first kappa shape index (κ1) is 16.8. The highest BCUT2D eigenvalue weighted by atomic mass is 32.2. The van der Waals surface area contributed by atoms with Crippen LogP contribution in [0.5, 0.6) is 5.75 Å². The summed E-state index contributed by atoms with van der Waals surface area (Å²) in [7, 11) is 1.63. The quantitative estimate of drug-likeness (QED) is 0.293. The first-order valence-electron chi connectivity index (χ1n) is 7.56. The van der Waals surface area contributed by atoms with Gasteiger partial charge in [0.05, 0.1) is 13.3 Å². The number of benzene rings is 2. The number of methoxy groups -OCH3 is 1. The molecule has 2 aromatic carbocycles. The topological polar surface area (TPSA) is 90.3 Å². The van der Waals surface area contributed by atoms with Crippen LogP contribution >= 0.6 is 11.8 Å². The number of ether oxygens (including phenoxy) is 1. The number of nitrogens with two attached hydrogens (primary N) is 1. The molecule has 0 fully saturated rings. The number of anilines is 1. The molecule has 0 atom stereocenters.